The number of aliphatic hydroxyl groups is 1. The Hall–Kier alpha value is -1.61. The summed E-state index contributed by atoms with van der Waals surface area (Å²) >= 11 is 4.05. The van der Waals surface area contributed by atoms with E-state index in [1.165, 1.54) is 6.92 Å². The number of ketones is 1. The Balaban J connectivity index is 1.91. The van der Waals surface area contributed by atoms with E-state index >= 15 is 8.78 Å². The number of aliphatic hydroxyl groups excluding tert-OH is 1. The first kappa shape index (κ1) is 24.5. The van der Waals surface area contributed by atoms with Crippen LogP contribution in [0.3, 0.4) is 0 Å². The molecule has 4 aliphatic rings. The third-order valence-electron chi connectivity index (χ3n) is 9.11. The van der Waals surface area contributed by atoms with E-state index in [0.717, 1.165) is 12.2 Å². The van der Waals surface area contributed by atoms with Gasteiger partial charge in [0.05, 0.1) is 6.10 Å². The van der Waals surface area contributed by atoms with E-state index in [2.05, 4.69) is 12.6 Å². The van der Waals surface area contributed by atoms with Crippen LogP contribution < -0.4 is 0 Å². The molecule has 1 N–H and O–H groups in total. The molecular formula is C24H29F3O5S. The summed E-state index contributed by atoms with van der Waals surface area (Å²) < 4.78 is 53.1. The van der Waals surface area contributed by atoms with Crippen molar-refractivity contribution in [2.75, 3.05) is 0 Å². The second-order valence-corrected chi connectivity index (χ2v) is 10.9. The zero-order valence-corrected chi connectivity index (χ0v) is 19.9. The number of hydrogen-bond acceptors (Lipinski definition) is 5. The summed E-state index contributed by atoms with van der Waals surface area (Å²) in [6, 6.07) is 0. The Labute approximate surface area is 196 Å². The fourth-order valence-corrected chi connectivity index (χ4v) is 8.04. The third-order valence-corrected chi connectivity index (χ3v) is 9.44. The van der Waals surface area contributed by atoms with Gasteiger partial charge >= 0.3 is 5.97 Å². The molecule has 5 nitrogen and oxygen atoms in total. The molecule has 0 aliphatic heterocycles. The normalized spacial score (nSPS) is 48.8. The minimum absolute atomic E-state index is 0.00478. The van der Waals surface area contributed by atoms with Crippen LogP contribution in [0.5, 0.6) is 0 Å². The van der Waals surface area contributed by atoms with Gasteiger partial charge in [0.25, 0.3) is 0 Å². The largest absolute Gasteiger partial charge is 0.449 e. The third kappa shape index (κ3) is 2.75. The van der Waals surface area contributed by atoms with E-state index in [9.17, 15) is 23.9 Å². The van der Waals surface area contributed by atoms with Crippen LogP contribution in [0.25, 0.3) is 0 Å². The first-order chi connectivity index (χ1) is 15.2. The number of carbonyl (C=O) groups excluding carboxylic acids is 3. The molecule has 2 fully saturated rings. The summed E-state index contributed by atoms with van der Waals surface area (Å²) in [6.45, 7) is 6.24. The molecule has 0 aromatic rings. The van der Waals surface area contributed by atoms with Crippen molar-refractivity contribution < 1.29 is 37.4 Å². The van der Waals surface area contributed by atoms with E-state index in [0.29, 0.717) is 0 Å². The van der Waals surface area contributed by atoms with Crippen LogP contribution in [0.4, 0.5) is 13.2 Å². The Morgan fingerprint density at radius 1 is 1.30 bits per heavy atom. The first-order valence-electron chi connectivity index (χ1n) is 11.3. The molecule has 9 heteroatoms. The van der Waals surface area contributed by atoms with Crippen LogP contribution in [0.1, 0.15) is 53.4 Å². The number of rotatable bonds is 3. The van der Waals surface area contributed by atoms with Crippen molar-refractivity contribution in [3.8, 4) is 0 Å². The highest BCUT2D eigenvalue weighted by Gasteiger charge is 2.77. The van der Waals surface area contributed by atoms with E-state index in [-0.39, 0.29) is 19.3 Å². The average molecular weight is 487 g/mol. The zero-order chi connectivity index (χ0) is 24.7. The molecule has 0 heterocycles. The summed E-state index contributed by atoms with van der Waals surface area (Å²) in [5.74, 6) is -4.88. The number of carbonyl (C=O) groups is 3. The lowest BCUT2D eigenvalue weighted by Crippen LogP contribution is -2.70. The Kier molecular flexibility index (Phi) is 5.53. The summed E-state index contributed by atoms with van der Waals surface area (Å²) in [5, 5.41) is 10.6. The van der Waals surface area contributed by atoms with Crippen LogP contribution in [-0.2, 0) is 19.1 Å². The van der Waals surface area contributed by atoms with Gasteiger partial charge in [0.1, 0.15) is 5.83 Å². The van der Waals surface area contributed by atoms with Crippen LogP contribution in [-0.4, -0.2) is 45.5 Å². The highest BCUT2D eigenvalue weighted by Crippen LogP contribution is 2.72. The number of fused-ring (bicyclic) bond motifs is 5. The zero-order valence-electron chi connectivity index (χ0n) is 19.0. The Morgan fingerprint density at radius 2 is 1.94 bits per heavy atom. The predicted octanol–water partition coefficient (Wildman–Crippen LogP) is 4.00. The molecule has 0 radical (unpaired) electrons. The van der Waals surface area contributed by atoms with E-state index in [1.54, 1.807) is 20.8 Å². The Bertz CT molecular complexity index is 997. The standard InChI is InChI=1S/C24H29F3O5S/c1-5-17(30)32-24(20(31)33)11(2)8-12-13-9-14(25)18-19(26)15(28)6-7-21(18,3)23(13,27)16(29)10-22(12,24)4/h6-7,11-13,16,19,29H,5,8-10H2,1-4H3,(H,31,33)/t11-,12+,13+,16+,19-,21+,22+,23+,24+/m1/s1. The van der Waals surface area contributed by atoms with Crippen molar-refractivity contribution >= 4 is 29.5 Å². The van der Waals surface area contributed by atoms with Crippen molar-refractivity contribution in [1.82, 2.24) is 0 Å². The molecule has 4 aliphatic carbocycles. The van der Waals surface area contributed by atoms with Gasteiger partial charge < -0.3 is 9.84 Å². The van der Waals surface area contributed by atoms with Gasteiger partial charge in [-0.3, -0.25) is 14.4 Å². The second-order valence-electron chi connectivity index (χ2n) is 10.4. The van der Waals surface area contributed by atoms with Crippen molar-refractivity contribution in [3.05, 3.63) is 23.6 Å². The monoisotopic (exact) mass is 486 g/mol. The maximum atomic E-state index is 17.1. The summed E-state index contributed by atoms with van der Waals surface area (Å²) in [6.07, 6.45) is -2.56. The number of alkyl halides is 2. The number of ether oxygens (including phenoxy) is 1. The second kappa shape index (κ2) is 7.44. The van der Waals surface area contributed by atoms with Gasteiger partial charge in [-0.25, -0.2) is 13.2 Å². The number of allylic oxidation sites excluding steroid dienone is 4. The van der Waals surface area contributed by atoms with E-state index in [1.807, 2.05) is 0 Å². The fraction of sp³-hybridized carbons (Fsp3) is 0.708. The molecule has 0 aromatic heterocycles. The van der Waals surface area contributed by atoms with Crippen LogP contribution in [0, 0.1) is 28.6 Å². The van der Waals surface area contributed by atoms with Gasteiger partial charge in [0.15, 0.2) is 23.2 Å². The van der Waals surface area contributed by atoms with Crippen LogP contribution >= 0.6 is 12.6 Å². The molecule has 4 rings (SSSR count). The quantitative estimate of drug-likeness (QED) is 0.466. The highest BCUT2D eigenvalue weighted by atomic mass is 32.1. The van der Waals surface area contributed by atoms with Crippen molar-refractivity contribution in [3.63, 3.8) is 0 Å². The summed E-state index contributed by atoms with van der Waals surface area (Å²) in [4.78, 5) is 37.1. The van der Waals surface area contributed by atoms with E-state index in [4.69, 9.17) is 4.74 Å². The maximum absolute atomic E-state index is 17.1. The number of esters is 1. The van der Waals surface area contributed by atoms with Gasteiger partial charge in [-0.15, -0.1) is 12.6 Å². The molecule has 0 aromatic carbocycles. The number of halogens is 3. The molecule has 0 unspecified atom stereocenters. The van der Waals surface area contributed by atoms with Gasteiger partial charge in [-0.1, -0.05) is 26.8 Å². The first-order valence-corrected chi connectivity index (χ1v) is 11.8. The molecule has 0 spiro atoms. The lowest BCUT2D eigenvalue weighted by molar-refractivity contribution is -0.223. The molecule has 33 heavy (non-hydrogen) atoms. The molecule has 0 saturated heterocycles. The fourth-order valence-electron chi connectivity index (χ4n) is 7.52. The van der Waals surface area contributed by atoms with Crippen molar-refractivity contribution in [1.29, 1.82) is 0 Å². The molecule has 2 saturated carbocycles. The molecule has 0 bridgehead atoms. The maximum Gasteiger partial charge on any atom is 0.306 e. The van der Waals surface area contributed by atoms with E-state index < -0.39 is 86.8 Å². The van der Waals surface area contributed by atoms with Gasteiger partial charge in [0, 0.05) is 41.1 Å². The lowest BCUT2D eigenvalue weighted by atomic mass is 9.45. The van der Waals surface area contributed by atoms with Crippen molar-refractivity contribution in [2.45, 2.75) is 76.9 Å². The Morgan fingerprint density at radius 3 is 2.52 bits per heavy atom. The highest BCUT2D eigenvalue weighted by molar-refractivity contribution is 7.96. The number of hydrogen-bond donors (Lipinski definition) is 2. The topological polar surface area (TPSA) is 80.7 Å². The molecule has 182 valence electrons. The summed E-state index contributed by atoms with van der Waals surface area (Å²) in [7, 11) is 0. The predicted molar refractivity (Wildman–Crippen MR) is 116 cm³/mol. The summed E-state index contributed by atoms with van der Waals surface area (Å²) in [5.41, 5.74) is -7.90. The minimum atomic E-state index is -2.49. The van der Waals surface area contributed by atoms with Gasteiger partial charge in [0.2, 0.25) is 5.12 Å². The van der Waals surface area contributed by atoms with Gasteiger partial charge in [-0.05, 0) is 31.8 Å². The van der Waals surface area contributed by atoms with Crippen LogP contribution in [0.15, 0.2) is 23.6 Å². The van der Waals surface area contributed by atoms with Gasteiger partial charge in [-0.2, -0.15) is 0 Å². The minimum Gasteiger partial charge on any atom is -0.449 e. The smallest absolute Gasteiger partial charge is 0.306 e. The van der Waals surface area contributed by atoms with Crippen molar-refractivity contribution in [2.24, 2.45) is 28.6 Å². The average Bonchev–Trinajstić information content (AvgIpc) is 2.95. The SMILES string of the molecule is CCC(=O)O[C@]1(C(=O)S)[C@H](C)C[C@H]2[C@@H]3CC(F)=C4[C@H](F)C(=O)C=C[C@]4(C)[C@@]3(F)[C@@H](O)C[C@@]21C. The molecule has 0 amide bonds. The molecule has 9 atom stereocenters. The lowest BCUT2D eigenvalue weighted by Gasteiger charge is -2.62. The number of thiol groups is 1. The molecular weight excluding hydrogens is 457 g/mol. The van der Waals surface area contributed by atoms with Crippen LogP contribution in [0.2, 0.25) is 0 Å².